The SMILES string of the molecule is CNC(CC1CCCCN1C(N)=O)CC1(O)CCCCC1. The first kappa shape index (κ1) is 16.6. The number of carbonyl (C=O) groups is 1. The van der Waals surface area contributed by atoms with Gasteiger partial charge in [0.2, 0.25) is 0 Å². The van der Waals surface area contributed by atoms with Crippen molar-refractivity contribution in [1.82, 2.24) is 10.2 Å². The number of primary amides is 1. The molecule has 4 N–H and O–H groups in total. The van der Waals surface area contributed by atoms with Crippen LogP contribution in [0.15, 0.2) is 0 Å². The van der Waals surface area contributed by atoms with Gasteiger partial charge >= 0.3 is 6.03 Å². The molecular formula is C16H31N3O2. The van der Waals surface area contributed by atoms with Crippen LogP contribution in [0.5, 0.6) is 0 Å². The van der Waals surface area contributed by atoms with Gasteiger partial charge in [-0.05, 0) is 52.0 Å². The Balaban J connectivity index is 1.92. The molecule has 2 aliphatic rings. The van der Waals surface area contributed by atoms with Crippen LogP contribution in [0.25, 0.3) is 0 Å². The Kier molecular flexibility index (Phi) is 5.88. The highest BCUT2D eigenvalue weighted by molar-refractivity contribution is 5.72. The second-order valence-corrected chi connectivity index (χ2v) is 6.89. The van der Waals surface area contributed by atoms with Gasteiger partial charge in [0.25, 0.3) is 0 Å². The van der Waals surface area contributed by atoms with Crippen molar-refractivity contribution in [3.8, 4) is 0 Å². The lowest BCUT2D eigenvalue weighted by molar-refractivity contribution is -0.0146. The second kappa shape index (κ2) is 7.45. The fourth-order valence-corrected chi connectivity index (χ4v) is 4.04. The average Bonchev–Trinajstić information content (AvgIpc) is 2.47. The van der Waals surface area contributed by atoms with E-state index in [-0.39, 0.29) is 18.1 Å². The van der Waals surface area contributed by atoms with E-state index in [9.17, 15) is 9.90 Å². The van der Waals surface area contributed by atoms with Crippen molar-refractivity contribution in [2.45, 2.75) is 81.9 Å². The van der Waals surface area contributed by atoms with E-state index in [0.29, 0.717) is 0 Å². The number of carbonyl (C=O) groups excluding carboxylic acids is 1. The quantitative estimate of drug-likeness (QED) is 0.726. The topological polar surface area (TPSA) is 78.6 Å². The molecule has 0 bridgehead atoms. The standard InChI is InChI=1S/C16H31N3O2/c1-18-13(12-16(21)8-4-2-5-9-16)11-14-7-3-6-10-19(14)15(17)20/h13-14,18,21H,2-12H2,1H3,(H2,17,20). The van der Waals surface area contributed by atoms with E-state index < -0.39 is 5.60 Å². The van der Waals surface area contributed by atoms with E-state index >= 15 is 0 Å². The van der Waals surface area contributed by atoms with Crippen LogP contribution in [0.1, 0.15) is 64.2 Å². The van der Waals surface area contributed by atoms with Gasteiger partial charge in [-0.3, -0.25) is 0 Å². The second-order valence-electron chi connectivity index (χ2n) is 6.89. The molecule has 2 unspecified atom stereocenters. The van der Waals surface area contributed by atoms with Crippen LogP contribution in [0.3, 0.4) is 0 Å². The molecule has 2 amide bonds. The number of hydrogen-bond donors (Lipinski definition) is 3. The van der Waals surface area contributed by atoms with Crippen molar-refractivity contribution < 1.29 is 9.90 Å². The summed E-state index contributed by atoms with van der Waals surface area (Å²) in [5.41, 5.74) is 4.99. The van der Waals surface area contributed by atoms with Crippen LogP contribution in [0, 0.1) is 0 Å². The Labute approximate surface area is 128 Å². The molecule has 122 valence electrons. The van der Waals surface area contributed by atoms with E-state index in [1.165, 1.54) is 6.42 Å². The molecule has 2 rings (SSSR count). The monoisotopic (exact) mass is 297 g/mol. The first-order chi connectivity index (χ1) is 10.0. The molecule has 1 aliphatic heterocycles. The van der Waals surface area contributed by atoms with Crippen LogP contribution in [0.4, 0.5) is 4.79 Å². The highest BCUT2D eigenvalue weighted by Crippen LogP contribution is 2.33. The number of nitrogens with two attached hydrogens (primary N) is 1. The molecule has 1 aliphatic carbocycles. The number of rotatable bonds is 5. The summed E-state index contributed by atoms with van der Waals surface area (Å²) in [5.74, 6) is 0. The van der Waals surface area contributed by atoms with Gasteiger partial charge in [0.1, 0.15) is 0 Å². The summed E-state index contributed by atoms with van der Waals surface area (Å²) in [6.45, 7) is 0.778. The third kappa shape index (κ3) is 4.58. The number of hydrogen-bond acceptors (Lipinski definition) is 3. The number of nitrogens with one attached hydrogen (secondary N) is 1. The smallest absolute Gasteiger partial charge is 0.315 e. The van der Waals surface area contributed by atoms with E-state index in [1.807, 2.05) is 11.9 Å². The molecule has 21 heavy (non-hydrogen) atoms. The minimum absolute atomic E-state index is 0.223. The largest absolute Gasteiger partial charge is 0.390 e. The van der Waals surface area contributed by atoms with Crippen LogP contribution in [-0.2, 0) is 0 Å². The molecule has 2 fully saturated rings. The predicted molar refractivity (Wildman–Crippen MR) is 84.0 cm³/mol. The Morgan fingerprint density at radius 3 is 2.67 bits per heavy atom. The van der Waals surface area contributed by atoms with Crippen molar-refractivity contribution >= 4 is 6.03 Å². The van der Waals surface area contributed by atoms with Crippen molar-refractivity contribution in [1.29, 1.82) is 0 Å². The van der Waals surface area contributed by atoms with Crippen molar-refractivity contribution in [3.05, 3.63) is 0 Å². The Morgan fingerprint density at radius 1 is 1.33 bits per heavy atom. The zero-order chi connectivity index (χ0) is 15.3. The number of nitrogens with zero attached hydrogens (tertiary/aromatic N) is 1. The number of aliphatic hydroxyl groups is 1. The minimum Gasteiger partial charge on any atom is -0.390 e. The molecular weight excluding hydrogens is 266 g/mol. The lowest BCUT2D eigenvalue weighted by Gasteiger charge is -2.39. The van der Waals surface area contributed by atoms with Gasteiger partial charge in [0.05, 0.1) is 5.60 Å². The molecule has 0 spiro atoms. The van der Waals surface area contributed by atoms with Crippen molar-refractivity contribution in [2.24, 2.45) is 5.73 Å². The number of urea groups is 1. The van der Waals surface area contributed by atoms with Crippen LogP contribution < -0.4 is 11.1 Å². The summed E-state index contributed by atoms with van der Waals surface area (Å²) in [4.78, 5) is 13.4. The Bertz CT molecular complexity index is 342. The first-order valence-corrected chi connectivity index (χ1v) is 8.50. The van der Waals surface area contributed by atoms with Crippen molar-refractivity contribution in [2.75, 3.05) is 13.6 Å². The molecule has 0 aromatic heterocycles. The van der Waals surface area contributed by atoms with Gasteiger partial charge in [-0.25, -0.2) is 4.79 Å². The van der Waals surface area contributed by atoms with Gasteiger partial charge in [-0.15, -0.1) is 0 Å². The molecule has 2 atom stereocenters. The predicted octanol–water partition coefficient (Wildman–Crippen LogP) is 1.98. The van der Waals surface area contributed by atoms with E-state index in [2.05, 4.69) is 5.32 Å². The first-order valence-electron chi connectivity index (χ1n) is 8.50. The lowest BCUT2D eigenvalue weighted by Crippen LogP contribution is -2.50. The maximum Gasteiger partial charge on any atom is 0.315 e. The zero-order valence-corrected chi connectivity index (χ0v) is 13.3. The number of likely N-dealkylation sites (tertiary alicyclic amines) is 1. The molecule has 1 saturated heterocycles. The normalized spacial score (nSPS) is 27.3. The van der Waals surface area contributed by atoms with Crippen molar-refractivity contribution in [3.63, 3.8) is 0 Å². The third-order valence-electron chi connectivity index (χ3n) is 5.29. The van der Waals surface area contributed by atoms with E-state index in [4.69, 9.17) is 5.73 Å². The zero-order valence-electron chi connectivity index (χ0n) is 13.3. The Morgan fingerprint density at radius 2 is 2.05 bits per heavy atom. The number of piperidine rings is 1. The molecule has 5 heteroatoms. The molecule has 0 aromatic carbocycles. The average molecular weight is 297 g/mol. The molecule has 1 heterocycles. The summed E-state index contributed by atoms with van der Waals surface area (Å²) in [5, 5.41) is 14.1. The molecule has 0 aromatic rings. The summed E-state index contributed by atoms with van der Waals surface area (Å²) in [6, 6.07) is 0.171. The maximum atomic E-state index is 11.6. The van der Waals surface area contributed by atoms with Crippen LogP contribution >= 0.6 is 0 Å². The summed E-state index contributed by atoms with van der Waals surface area (Å²) in [6.07, 6.45) is 10.2. The molecule has 0 radical (unpaired) electrons. The molecule has 1 saturated carbocycles. The fraction of sp³-hybridized carbons (Fsp3) is 0.938. The highest BCUT2D eigenvalue weighted by atomic mass is 16.3. The van der Waals surface area contributed by atoms with Gasteiger partial charge in [-0.1, -0.05) is 19.3 Å². The van der Waals surface area contributed by atoms with Gasteiger partial charge in [0.15, 0.2) is 0 Å². The number of amides is 2. The summed E-state index contributed by atoms with van der Waals surface area (Å²) < 4.78 is 0. The minimum atomic E-state index is -0.516. The Hall–Kier alpha value is -0.810. The third-order valence-corrected chi connectivity index (χ3v) is 5.29. The van der Waals surface area contributed by atoms with Gasteiger partial charge in [-0.2, -0.15) is 0 Å². The fourth-order valence-electron chi connectivity index (χ4n) is 4.04. The summed E-state index contributed by atoms with van der Waals surface area (Å²) >= 11 is 0. The summed E-state index contributed by atoms with van der Waals surface area (Å²) in [7, 11) is 1.95. The maximum absolute atomic E-state index is 11.6. The van der Waals surface area contributed by atoms with Crippen LogP contribution in [0.2, 0.25) is 0 Å². The lowest BCUT2D eigenvalue weighted by atomic mass is 9.79. The van der Waals surface area contributed by atoms with Gasteiger partial charge in [0, 0.05) is 18.6 Å². The highest BCUT2D eigenvalue weighted by Gasteiger charge is 2.34. The van der Waals surface area contributed by atoms with Gasteiger partial charge < -0.3 is 21.1 Å². The van der Waals surface area contributed by atoms with E-state index in [0.717, 1.165) is 64.3 Å². The molecule has 5 nitrogen and oxygen atoms in total. The van der Waals surface area contributed by atoms with E-state index in [1.54, 1.807) is 0 Å². The van der Waals surface area contributed by atoms with Crippen LogP contribution in [-0.4, -0.2) is 47.3 Å².